The van der Waals surface area contributed by atoms with Crippen molar-refractivity contribution in [3.05, 3.63) is 83.6 Å². The van der Waals surface area contributed by atoms with E-state index >= 15 is 0 Å². The Morgan fingerprint density at radius 2 is 1.84 bits per heavy atom. The van der Waals surface area contributed by atoms with Crippen LogP contribution in [0.5, 0.6) is 11.5 Å². The molecule has 198 valence electrons. The van der Waals surface area contributed by atoms with Crippen molar-refractivity contribution in [3.63, 3.8) is 0 Å². The van der Waals surface area contributed by atoms with Gasteiger partial charge in [0.2, 0.25) is 0 Å². The van der Waals surface area contributed by atoms with Crippen molar-refractivity contribution < 1.29 is 27.4 Å². The van der Waals surface area contributed by atoms with E-state index in [0.29, 0.717) is 11.4 Å². The number of carbonyl (C=O) groups excluding carboxylic acids is 1. The summed E-state index contributed by atoms with van der Waals surface area (Å²) < 4.78 is 58.6. The third kappa shape index (κ3) is 7.62. The summed E-state index contributed by atoms with van der Waals surface area (Å²) in [6.07, 6.45) is -3.11. The maximum Gasteiger partial charge on any atom is 0.573 e. The Morgan fingerprint density at radius 1 is 1.11 bits per heavy atom. The fraction of sp³-hybridized carbons (Fsp3) is 0.192. The van der Waals surface area contributed by atoms with Crippen molar-refractivity contribution in [1.82, 2.24) is 9.10 Å². The highest BCUT2D eigenvalue weighted by molar-refractivity contribution is 7.96. The number of nitrogens with zero attached hydrogens (tertiary/aromatic N) is 2. The van der Waals surface area contributed by atoms with Crippen LogP contribution in [0.3, 0.4) is 0 Å². The molecule has 4 aromatic rings. The number of ether oxygens (including phenoxy) is 2. The summed E-state index contributed by atoms with van der Waals surface area (Å²) in [6.45, 7) is 4.28. The molecule has 1 heterocycles. The lowest BCUT2D eigenvalue weighted by Crippen LogP contribution is -2.23. The zero-order chi connectivity index (χ0) is 27.1. The van der Waals surface area contributed by atoms with E-state index in [-0.39, 0.29) is 24.3 Å². The van der Waals surface area contributed by atoms with E-state index in [1.165, 1.54) is 35.8 Å². The Labute approximate surface area is 225 Å². The van der Waals surface area contributed by atoms with Crippen LogP contribution in [0.25, 0.3) is 10.1 Å². The number of urea groups is 1. The summed E-state index contributed by atoms with van der Waals surface area (Å²) in [5, 5.41) is 3.74. The molecule has 0 unspecified atom stereocenters. The molecule has 12 heteroatoms. The average molecular weight is 561 g/mol. The monoisotopic (exact) mass is 560 g/mol. The van der Waals surface area contributed by atoms with Gasteiger partial charge in [0.25, 0.3) is 0 Å². The first-order valence-corrected chi connectivity index (χ1v) is 12.9. The first-order valence-electron chi connectivity index (χ1n) is 11.4. The summed E-state index contributed by atoms with van der Waals surface area (Å²) in [5.74, 6) is 0.355. The summed E-state index contributed by atoms with van der Waals surface area (Å²) >= 11 is 2.21. The zero-order valence-corrected chi connectivity index (χ0v) is 21.9. The smallest absolute Gasteiger partial charge is 0.487 e. The Morgan fingerprint density at radius 3 is 2.58 bits per heavy atom. The fourth-order valence-electron chi connectivity index (χ4n) is 3.50. The Kier molecular flexibility index (Phi) is 8.74. The molecule has 0 bridgehead atoms. The van der Waals surface area contributed by atoms with Crippen molar-refractivity contribution in [1.29, 1.82) is 0 Å². The van der Waals surface area contributed by atoms with Crippen LogP contribution in [-0.4, -0.2) is 23.0 Å². The Hall–Kier alpha value is -3.77. The molecule has 0 fully saturated rings. The molecule has 0 aliphatic heterocycles. The number of hydrogen-bond acceptors (Lipinski definition) is 7. The second kappa shape index (κ2) is 12.2. The number of benzene rings is 3. The van der Waals surface area contributed by atoms with Gasteiger partial charge in [-0.15, -0.1) is 13.2 Å². The maximum absolute atomic E-state index is 12.3. The molecular weight excluding hydrogens is 537 g/mol. The van der Waals surface area contributed by atoms with Gasteiger partial charge in [-0.25, -0.2) is 9.19 Å². The fourth-order valence-corrected chi connectivity index (χ4v) is 4.69. The van der Waals surface area contributed by atoms with E-state index in [0.717, 1.165) is 39.0 Å². The van der Waals surface area contributed by atoms with Crippen LogP contribution in [0.2, 0.25) is 0 Å². The highest BCUT2D eigenvalue weighted by atomic mass is 32.2. The Bertz CT molecular complexity index is 1420. The van der Waals surface area contributed by atoms with Gasteiger partial charge in [-0.2, -0.15) is 4.37 Å². The first kappa shape index (κ1) is 27.3. The predicted octanol–water partition coefficient (Wildman–Crippen LogP) is 7.70. The molecule has 2 N–H and O–H groups in total. The zero-order valence-electron chi connectivity index (χ0n) is 20.3. The predicted molar refractivity (Wildman–Crippen MR) is 145 cm³/mol. The van der Waals surface area contributed by atoms with Crippen LogP contribution in [0.15, 0.2) is 71.1 Å². The molecule has 0 aliphatic carbocycles. The van der Waals surface area contributed by atoms with Crippen LogP contribution in [0, 0.1) is 0 Å². The minimum Gasteiger partial charge on any atom is -0.487 e. The number of nitrogens with one attached hydrogen (secondary N) is 2. The maximum atomic E-state index is 12.3. The van der Waals surface area contributed by atoms with Gasteiger partial charge in [0.05, 0.1) is 22.5 Å². The number of para-hydroxylation sites is 1. The number of alkyl halides is 3. The molecule has 7 nitrogen and oxygen atoms in total. The van der Waals surface area contributed by atoms with E-state index < -0.39 is 6.36 Å². The number of aromatic nitrogens is 1. The summed E-state index contributed by atoms with van der Waals surface area (Å²) in [5.41, 5.74) is 3.34. The quantitative estimate of drug-likeness (QED) is 0.162. The minimum absolute atomic E-state index is 0.154. The molecular formula is C26H23F3N4O3S2. The summed E-state index contributed by atoms with van der Waals surface area (Å²) in [4.78, 5) is 12.2. The lowest BCUT2D eigenvalue weighted by Gasteiger charge is -2.13. The van der Waals surface area contributed by atoms with Crippen LogP contribution in [-0.2, 0) is 6.61 Å². The third-order valence-corrected chi connectivity index (χ3v) is 6.56. The van der Waals surface area contributed by atoms with Crippen molar-refractivity contribution in [2.75, 3.05) is 5.32 Å². The van der Waals surface area contributed by atoms with E-state index in [9.17, 15) is 18.0 Å². The van der Waals surface area contributed by atoms with Gasteiger partial charge in [0.15, 0.2) is 0 Å². The van der Waals surface area contributed by atoms with Gasteiger partial charge < -0.3 is 14.8 Å². The normalized spacial score (nSPS) is 11.7. The van der Waals surface area contributed by atoms with E-state index in [4.69, 9.17) is 4.74 Å². The van der Waals surface area contributed by atoms with Gasteiger partial charge in [-0.3, -0.25) is 4.72 Å². The minimum atomic E-state index is -4.74. The third-order valence-electron chi connectivity index (χ3n) is 5.23. The number of rotatable bonds is 9. The first-order chi connectivity index (χ1) is 18.2. The molecule has 0 radical (unpaired) electrons. The number of fused-ring (bicyclic) bond motifs is 1. The lowest BCUT2D eigenvalue weighted by atomic mass is 10.0. The summed E-state index contributed by atoms with van der Waals surface area (Å²) in [7, 11) is 0. The Balaban J connectivity index is 1.29. The second-order valence-corrected chi connectivity index (χ2v) is 9.72. The molecule has 3 aromatic carbocycles. The highest BCUT2D eigenvalue weighted by Gasteiger charge is 2.31. The van der Waals surface area contributed by atoms with E-state index in [2.05, 4.69) is 37.4 Å². The van der Waals surface area contributed by atoms with Crippen LogP contribution in [0.1, 0.15) is 36.6 Å². The van der Waals surface area contributed by atoms with Crippen LogP contribution < -0.4 is 19.5 Å². The SMILES string of the molecule is CC(C)c1ccccc1NC(=O)NS/N=C/c1ccc2c(COc3ccc(OC(F)(F)F)cc3)nsc2c1. The number of hydrogen-bond donors (Lipinski definition) is 2. The topological polar surface area (TPSA) is 84.8 Å². The number of carbonyl (C=O) groups is 1. The van der Waals surface area contributed by atoms with Gasteiger partial charge in [-0.1, -0.05) is 44.2 Å². The molecule has 0 saturated heterocycles. The molecule has 2 amide bonds. The molecule has 38 heavy (non-hydrogen) atoms. The summed E-state index contributed by atoms with van der Waals surface area (Å²) in [6, 6.07) is 18.1. The molecule has 1 aromatic heterocycles. The second-order valence-electron chi connectivity index (χ2n) is 8.32. The van der Waals surface area contributed by atoms with Gasteiger partial charge >= 0.3 is 12.4 Å². The highest BCUT2D eigenvalue weighted by Crippen LogP contribution is 2.28. The van der Waals surface area contributed by atoms with Crippen molar-refractivity contribution >= 4 is 51.7 Å². The van der Waals surface area contributed by atoms with Crippen molar-refractivity contribution in [2.45, 2.75) is 32.7 Å². The van der Waals surface area contributed by atoms with Gasteiger partial charge in [0, 0.05) is 17.3 Å². The largest absolute Gasteiger partial charge is 0.573 e. The van der Waals surface area contributed by atoms with Crippen LogP contribution >= 0.6 is 23.7 Å². The molecule has 0 saturated carbocycles. The number of amides is 2. The van der Waals surface area contributed by atoms with Crippen LogP contribution in [0.4, 0.5) is 23.7 Å². The number of halogens is 3. The van der Waals surface area contributed by atoms with Gasteiger partial charge in [-0.05, 0) is 65.0 Å². The lowest BCUT2D eigenvalue weighted by molar-refractivity contribution is -0.274. The molecule has 4 rings (SSSR count). The van der Waals surface area contributed by atoms with Crippen molar-refractivity contribution in [2.24, 2.45) is 4.40 Å². The van der Waals surface area contributed by atoms with E-state index in [1.807, 2.05) is 42.5 Å². The molecule has 0 atom stereocenters. The molecule has 0 aliphatic rings. The molecule has 0 spiro atoms. The number of anilines is 1. The van der Waals surface area contributed by atoms with Crippen molar-refractivity contribution in [3.8, 4) is 11.5 Å². The van der Waals surface area contributed by atoms with Gasteiger partial charge in [0.1, 0.15) is 18.1 Å². The average Bonchev–Trinajstić information content (AvgIpc) is 3.28. The standard InChI is InChI=1S/C26H23F3N4O3S2/c1-16(2)20-5-3-4-6-22(20)31-25(34)33-38-30-14-17-7-12-21-23(32-37-24(21)13-17)15-35-18-8-10-19(11-9-18)36-26(27,28)29/h3-14,16H,15H2,1-2H3,(H2,31,33,34)/b30-14+. The van der Waals surface area contributed by atoms with E-state index in [1.54, 1.807) is 6.21 Å².